The molecule has 3 nitrogen and oxygen atoms in total. The molecule has 0 radical (unpaired) electrons. The van der Waals surface area contributed by atoms with Gasteiger partial charge in [0.05, 0.1) is 5.56 Å². The van der Waals surface area contributed by atoms with Crippen LogP contribution in [0.25, 0.3) is 0 Å². The van der Waals surface area contributed by atoms with E-state index in [2.05, 4.69) is 18.7 Å². The number of carboxylic acid groups (broad SMARTS) is 1. The second-order valence-corrected chi connectivity index (χ2v) is 3.84. The molecule has 0 aromatic heterocycles. The summed E-state index contributed by atoms with van der Waals surface area (Å²) in [5.41, 5.74) is 1.45. The first-order valence-electron chi connectivity index (χ1n) is 5.77. The zero-order valence-corrected chi connectivity index (χ0v) is 9.94. The molecule has 0 atom stereocenters. The maximum Gasteiger partial charge on any atom is 0.335 e. The van der Waals surface area contributed by atoms with Crippen LogP contribution in [0.5, 0.6) is 0 Å². The van der Waals surface area contributed by atoms with E-state index in [4.69, 9.17) is 5.11 Å². The van der Waals surface area contributed by atoms with Crippen molar-refractivity contribution in [2.24, 2.45) is 0 Å². The van der Waals surface area contributed by atoms with Crippen LogP contribution in [0.1, 0.15) is 37.0 Å². The van der Waals surface area contributed by atoms with Gasteiger partial charge in [0.2, 0.25) is 0 Å². The molecule has 0 heterocycles. The van der Waals surface area contributed by atoms with Crippen molar-refractivity contribution < 1.29 is 9.90 Å². The van der Waals surface area contributed by atoms with Gasteiger partial charge in [-0.1, -0.05) is 13.8 Å². The van der Waals surface area contributed by atoms with Gasteiger partial charge in [0.1, 0.15) is 0 Å². The number of rotatable bonds is 6. The van der Waals surface area contributed by atoms with Gasteiger partial charge >= 0.3 is 5.97 Å². The summed E-state index contributed by atoms with van der Waals surface area (Å²) >= 11 is 0. The van der Waals surface area contributed by atoms with Gasteiger partial charge in [-0.3, -0.25) is 0 Å². The lowest BCUT2D eigenvalue weighted by molar-refractivity contribution is 0.0697. The molecule has 0 bridgehead atoms. The number of nitrogens with zero attached hydrogens (tertiary/aromatic N) is 1. The Kier molecular flexibility index (Phi) is 4.83. The highest BCUT2D eigenvalue weighted by Gasteiger charge is 2.06. The molecule has 1 aromatic carbocycles. The lowest BCUT2D eigenvalue weighted by atomic mass is 10.2. The third-order valence-corrected chi connectivity index (χ3v) is 2.47. The maximum atomic E-state index is 10.7. The molecular weight excluding hydrogens is 202 g/mol. The van der Waals surface area contributed by atoms with E-state index in [1.165, 1.54) is 0 Å². The molecule has 0 amide bonds. The minimum absolute atomic E-state index is 0.344. The minimum Gasteiger partial charge on any atom is -0.478 e. The quantitative estimate of drug-likeness (QED) is 0.802. The van der Waals surface area contributed by atoms with Crippen molar-refractivity contribution in [3.05, 3.63) is 29.8 Å². The van der Waals surface area contributed by atoms with Crippen molar-refractivity contribution in [3.8, 4) is 0 Å². The zero-order valence-electron chi connectivity index (χ0n) is 9.94. The predicted octanol–water partition coefficient (Wildman–Crippen LogP) is 3.01. The molecule has 16 heavy (non-hydrogen) atoms. The Morgan fingerprint density at radius 3 is 2.00 bits per heavy atom. The van der Waals surface area contributed by atoms with Gasteiger partial charge in [0.25, 0.3) is 0 Å². The molecule has 0 saturated heterocycles. The molecule has 0 aliphatic rings. The largest absolute Gasteiger partial charge is 0.478 e. The van der Waals surface area contributed by atoms with E-state index in [0.717, 1.165) is 31.6 Å². The standard InChI is InChI=1S/C13H19NO2/c1-3-9-14(10-4-2)12-7-5-11(6-8-12)13(15)16/h5-8H,3-4,9-10H2,1-2H3,(H,15,16). The lowest BCUT2D eigenvalue weighted by Gasteiger charge is -2.23. The smallest absolute Gasteiger partial charge is 0.335 e. The minimum atomic E-state index is -0.871. The Bertz CT molecular complexity index is 326. The van der Waals surface area contributed by atoms with Crippen molar-refractivity contribution in [1.29, 1.82) is 0 Å². The summed E-state index contributed by atoms with van der Waals surface area (Å²) in [6, 6.07) is 7.09. The topological polar surface area (TPSA) is 40.5 Å². The van der Waals surface area contributed by atoms with Crippen LogP contribution in [0.3, 0.4) is 0 Å². The summed E-state index contributed by atoms with van der Waals surface area (Å²) in [6.45, 7) is 6.32. The van der Waals surface area contributed by atoms with Crippen molar-refractivity contribution in [1.82, 2.24) is 0 Å². The molecule has 1 aromatic rings. The summed E-state index contributed by atoms with van der Waals surface area (Å²) in [4.78, 5) is 13.0. The first-order chi connectivity index (χ1) is 7.69. The summed E-state index contributed by atoms with van der Waals surface area (Å²) in [6.07, 6.45) is 2.20. The molecule has 88 valence electrons. The van der Waals surface area contributed by atoms with Crippen LogP contribution in [0, 0.1) is 0 Å². The van der Waals surface area contributed by atoms with Crippen molar-refractivity contribution >= 4 is 11.7 Å². The molecule has 1 N–H and O–H groups in total. The Hall–Kier alpha value is -1.51. The number of benzene rings is 1. The molecule has 0 spiro atoms. The molecule has 1 rings (SSSR count). The van der Waals surface area contributed by atoms with Gasteiger partial charge < -0.3 is 10.0 Å². The van der Waals surface area contributed by atoms with E-state index in [0.29, 0.717) is 5.56 Å². The van der Waals surface area contributed by atoms with Crippen molar-refractivity contribution in [2.45, 2.75) is 26.7 Å². The zero-order chi connectivity index (χ0) is 12.0. The predicted molar refractivity (Wildman–Crippen MR) is 66.2 cm³/mol. The lowest BCUT2D eigenvalue weighted by Crippen LogP contribution is -2.24. The fraction of sp³-hybridized carbons (Fsp3) is 0.462. The fourth-order valence-corrected chi connectivity index (χ4v) is 1.72. The van der Waals surface area contributed by atoms with Gasteiger partial charge in [-0.05, 0) is 37.1 Å². The number of hydrogen-bond acceptors (Lipinski definition) is 2. The second-order valence-electron chi connectivity index (χ2n) is 3.84. The Balaban J connectivity index is 2.80. The molecular formula is C13H19NO2. The monoisotopic (exact) mass is 221 g/mol. The van der Waals surface area contributed by atoms with Gasteiger partial charge in [0, 0.05) is 18.8 Å². The van der Waals surface area contributed by atoms with Crippen molar-refractivity contribution in [3.63, 3.8) is 0 Å². The SMILES string of the molecule is CCCN(CCC)c1ccc(C(=O)O)cc1. The van der Waals surface area contributed by atoms with E-state index in [-0.39, 0.29) is 0 Å². The van der Waals surface area contributed by atoms with Gasteiger partial charge in [-0.15, -0.1) is 0 Å². The third-order valence-electron chi connectivity index (χ3n) is 2.47. The Labute approximate surface area is 96.7 Å². The van der Waals surface area contributed by atoms with E-state index in [1.807, 2.05) is 12.1 Å². The van der Waals surface area contributed by atoms with Crippen LogP contribution in [-0.2, 0) is 0 Å². The van der Waals surface area contributed by atoms with E-state index < -0.39 is 5.97 Å². The van der Waals surface area contributed by atoms with Crippen LogP contribution in [0.2, 0.25) is 0 Å². The third kappa shape index (κ3) is 3.26. The van der Waals surface area contributed by atoms with Crippen LogP contribution in [-0.4, -0.2) is 24.2 Å². The highest BCUT2D eigenvalue weighted by Crippen LogP contribution is 2.16. The van der Waals surface area contributed by atoms with Crippen LogP contribution >= 0.6 is 0 Å². The highest BCUT2D eigenvalue weighted by atomic mass is 16.4. The maximum absolute atomic E-state index is 10.7. The normalized spacial score (nSPS) is 10.1. The molecule has 0 unspecified atom stereocenters. The number of carbonyl (C=O) groups is 1. The highest BCUT2D eigenvalue weighted by molar-refractivity contribution is 5.88. The number of hydrogen-bond donors (Lipinski definition) is 1. The Morgan fingerprint density at radius 1 is 1.12 bits per heavy atom. The first kappa shape index (κ1) is 12.6. The molecule has 0 aliphatic carbocycles. The van der Waals surface area contributed by atoms with Gasteiger partial charge in [-0.25, -0.2) is 4.79 Å². The van der Waals surface area contributed by atoms with Crippen LogP contribution < -0.4 is 4.90 Å². The van der Waals surface area contributed by atoms with E-state index in [1.54, 1.807) is 12.1 Å². The summed E-state index contributed by atoms with van der Waals surface area (Å²) in [7, 11) is 0. The average Bonchev–Trinajstić information content (AvgIpc) is 2.29. The summed E-state index contributed by atoms with van der Waals surface area (Å²) in [5.74, 6) is -0.871. The second kappa shape index (κ2) is 6.16. The number of carboxylic acids is 1. The average molecular weight is 221 g/mol. The molecule has 0 fully saturated rings. The summed E-state index contributed by atoms with van der Waals surface area (Å²) in [5, 5.41) is 8.81. The van der Waals surface area contributed by atoms with Crippen LogP contribution in [0.4, 0.5) is 5.69 Å². The van der Waals surface area contributed by atoms with Crippen LogP contribution in [0.15, 0.2) is 24.3 Å². The molecule has 0 saturated carbocycles. The summed E-state index contributed by atoms with van der Waals surface area (Å²) < 4.78 is 0. The number of aromatic carboxylic acids is 1. The first-order valence-corrected chi connectivity index (χ1v) is 5.77. The fourth-order valence-electron chi connectivity index (χ4n) is 1.72. The van der Waals surface area contributed by atoms with Crippen molar-refractivity contribution in [2.75, 3.05) is 18.0 Å². The molecule has 0 aliphatic heterocycles. The van der Waals surface area contributed by atoms with Gasteiger partial charge in [0.15, 0.2) is 0 Å². The number of anilines is 1. The molecule has 3 heteroatoms. The van der Waals surface area contributed by atoms with E-state index in [9.17, 15) is 4.79 Å². The van der Waals surface area contributed by atoms with E-state index >= 15 is 0 Å². The van der Waals surface area contributed by atoms with Gasteiger partial charge in [-0.2, -0.15) is 0 Å². The Morgan fingerprint density at radius 2 is 1.62 bits per heavy atom.